The lowest BCUT2D eigenvalue weighted by Crippen LogP contribution is -2.46. The Morgan fingerprint density at radius 2 is 2.15 bits per heavy atom. The minimum Gasteiger partial charge on any atom is -0.494 e. The second-order valence-corrected chi connectivity index (χ2v) is 8.69. The number of pyridine rings is 1. The molecule has 0 spiro atoms. The first kappa shape index (κ1) is 21.5. The maximum atomic E-state index is 11.5. The van der Waals surface area contributed by atoms with Gasteiger partial charge in [-0.1, -0.05) is 6.07 Å². The molecule has 9 heteroatoms. The van der Waals surface area contributed by atoms with E-state index < -0.39 is 6.09 Å². The predicted molar refractivity (Wildman–Crippen MR) is 125 cm³/mol. The molecule has 2 aliphatic rings. The normalized spacial score (nSPS) is 21.0. The molecule has 1 unspecified atom stereocenters. The van der Waals surface area contributed by atoms with Crippen molar-refractivity contribution in [3.63, 3.8) is 0 Å². The number of carboxylic acid groups (broad SMARTS) is 1. The fraction of sp³-hybridized carbons (Fsp3) is 0.458. The lowest BCUT2D eigenvalue weighted by atomic mass is 10.2. The molecule has 33 heavy (non-hydrogen) atoms. The van der Waals surface area contributed by atoms with Crippen LogP contribution in [0, 0.1) is 0 Å². The highest BCUT2D eigenvalue weighted by atomic mass is 16.5. The molecular weight excluding hydrogens is 422 g/mol. The van der Waals surface area contributed by atoms with Gasteiger partial charge in [-0.25, -0.2) is 14.8 Å². The monoisotopic (exact) mass is 451 g/mol. The zero-order valence-electron chi connectivity index (χ0n) is 19.0. The molecule has 5 rings (SSSR count). The van der Waals surface area contributed by atoms with Crippen molar-refractivity contribution in [3.05, 3.63) is 36.5 Å². The summed E-state index contributed by atoms with van der Waals surface area (Å²) in [4.78, 5) is 24.9. The first-order chi connectivity index (χ1) is 16.0. The lowest BCUT2D eigenvalue weighted by molar-refractivity contribution is -0.0286. The molecule has 9 nitrogen and oxygen atoms in total. The number of methoxy groups -OCH3 is 1. The number of hydrogen-bond acceptors (Lipinski definition) is 6. The molecule has 3 aromatic rings. The number of para-hydroxylation sites is 1. The van der Waals surface area contributed by atoms with Crippen molar-refractivity contribution in [2.45, 2.75) is 38.5 Å². The molecule has 1 aromatic carbocycles. The number of carbonyl (C=O) groups is 1. The van der Waals surface area contributed by atoms with Crippen LogP contribution in [-0.2, 0) is 11.3 Å². The van der Waals surface area contributed by atoms with Crippen LogP contribution >= 0.6 is 0 Å². The summed E-state index contributed by atoms with van der Waals surface area (Å²) in [5.41, 5.74) is 2.57. The summed E-state index contributed by atoms with van der Waals surface area (Å²) in [6.45, 7) is 4.79. The predicted octanol–water partition coefficient (Wildman–Crippen LogP) is 3.47. The minimum atomic E-state index is -0.924. The summed E-state index contributed by atoms with van der Waals surface area (Å²) < 4.78 is 13.6. The number of nitrogens with zero attached hydrogens (tertiary/aromatic N) is 5. The Bertz CT molecular complexity index is 1150. The molecule has 2 aromatic heterocycles. The van der Waals surface area contributed by atoms with E-state index in [2.05, 4.69) is 28.5 Å². The van der Waals surface area contributed by atoms with Gasteiger partial charge in [-0.15, -0.1) is 0 Å². The van der Waals surface area contributed by atoms with Gasteiger partial charge in [0.1, 0.15) is 22.9 Å². The average molecular weight is 452 g/mol. The van der Waals surface area contributed by atoms with Crippen molar-refractivity contribution in [2.75, 3.05) is 38.3 Å². The number of hydrogen-bond donors (Lipinski definition) is 1. The SMILES string of the molecule is COc1cccc2nc(-c3ccc(N4CCC[C@@H]4C)nc3)n(CC3CN(C(=O)O)CCO3)c12. The highest BCUT2D eigenvalue weighted by Crippen LogP contribution is 2.32. The van der Waals surface area contributed by atoms with Crippen LogP contribution in [-0.4, -0.2) is 76.1 Å². The van der Waals surface area contributed by atoms with Gasteiger partial charge in [-0.2, -0.15) is 0 Å². The van der Waals surface area contributed by atoms with Crippen LogP contribution < -0.4 is 9.64 Å². The molecule has 0 radical (unpaired) electrons. The van der Waals surface area contributed by atoms with Gasteiger partial charge in [-0.3, -0.25) is 0 Å². The Morgan fingerprint density at radius 3 is 2.85 bits per heavy atom. The fourth-order valence-electron chi connectivity index (χ4n) is 4.88. The summed E-state index contributed by atoms with van der Waals surface area (Å²) >= 11 is 0. The van der Waals surface area contributed by atoms with Crippen molar-refractivity contribution >= 4 is 22.9 Å². The maximum absolute atomic E-state index is 11.5. The lowest BCUT2D eigenvalue weighted by Gasteiger charge is -2.31. The van der Waals surface area contributed by atoms with Gasteiger partial charge in [0.2, 0.25) is 0 Å². The van der Waals surface area contributed by atoms with E-state index in [0.717, 1.165) is 34.8 Å². The van der Waals surface area contributed by atoms with Crippen molar-refractivity contribution in [1.29, 1.82) is 0 Å². The number of ether oxygens (including phenoxy) is 2. The Labute approximate surface area is 192 Å². The van der Waals surface area contributed by atoms with E-state index in [1.807, 2.05) is 24.4 Å². The van der Waals surface area contributed by atoms with Crippen molar-refractivity contribution in [3.8, 4) is 17.1 Å². The van der Waals surface area contributed by atoms with Crippen molar-refractivity contribution < 1.29 is 19.4 Å². The Morgan fingerprint density at radius 1 is 1.27 bits per heavy atom. The zero-order valence-corrected chi connectivity index (χ0v) is 19.0. The quantitative estimate of drug-likeness (QED) is 0.635. The summed E-state index contributed by atoms with van der Waals surface area (Å²) in [6, 6.07) is 10.4. The summed E-state index contributed by atoms with van der Waals surface area (Å²) in [5.74, 6) is 2.46. The van der Waals surface area contributed by atoms with Gasteiger partial charge >= 0.3 is 6.09 Å². The number of aromatic nitrogens is 3. The molecule has 2 aliphatic heterocycles. The molecule has 0 bridgehead atoms. The molecule has 2 atom stereocenters. The fourth-order valence-corrected chi connectivity index (χ4v) is 4.88. The van der Waals surface area contributed by atoms with Crippen LogP contribution in [0.15, 0.2) is 36.5 Å². The summed E-state index contributed by atoms with van der Waals surface area (Å²) in [7, 11) is 1.64. The van der Waals surface area contributed by atoms with E-state index in [0.29, 0.717) is 38.0 Å². The highest BCUT2D eigenvalue weighted by Gasteiger charge is 2.27. The third-order valence-corrected chi connectivity index (χ3v) is 6.60. The van der Waals surface area contributed by atoms with Crippen LogP contribution in [0.4, 0.5) is 10.6 Å². The van der Waals surface area contributed by atoms with Gasteiger partial charge in [-0.05, 0) is 44.0 Å². The molecule has 174 valence electrons. The Balaban J connectivity index is 1.52. The molecule has 2 saturated heterocycles. The third kappa shape index (κ3) is 4.08. The first-order valence-electron chi connectivity index (χ1n) is 11.4. The summed E-state index contributed by atoms with van der Waals surface area (Å²) in [6.07, 6.45) is 3.04. The third-order valence-electron chi connectivity index (χ3n) is 6.60. The standard InChI is InChI=1S/C24H29N5O4/c1-16-5-4-10-28(16)21-9-8-17(13-25-21)23-26-19-6-3-7-20(32-2)22(19)29(23)15-18-14-27(24(30)31)11-12-33-18/h3,6-9,13,16,18H,4-5,10-12,14-15H2,1-2H3,(H,30,31)/t16-,18?/m0/s1. The van der Waals surface area contributed by atoms with E-state index >= 15 is 0 Å². The number of imidazole rings is 1. The highest BCUT2D eigenvalue weighted by molar-refractivity contribution is 5.86. The minimum absolute atomic E-state index is 0.284. The van der Waals surface area contributed by atoms with Crippen LogP contribution in [0.5, 0.6) is 5.75 Å². The molecule has 2 fully saturated rings. The van der Waals surface area contributed by atoms with E-state index in [-0.39, 0.29) is 6.10 Å². The van der Waals surface area contributed by atoms with Crippen molar-refractivity contribution in [1.82, 2.24) is 19.4 Å². The molecule has 4 heterocycles. The topological polar surface area (TPSA) is 93.0 Å². The Kier molecular flexibility index (Phi) is 5.80. The molecule has 1 N–H and O–H groups in total. The van der Waals surface area contributed by atoms with Crippen LogP contribution in [0.3, 0.4) is 0 Å². The van der Waals surface area contributed by atoms with Crippen LogP contribution in [0.2, 0.25) is 0 Å². The number of fused-ring (bicyclic) bond motifs is 1. The second kappa shape index (κ2) is 8.90. The largest absolute Gasteiger partial charge is 0.494 e. The zero-order chi connectivity index (χ0) is 22.9. The van der Waals surface area contributed by atoms with E-state index in [1.165, 1.54) is 17.7 Å². The Hall–Kier alpha value is -3.33. The van der Waals surface area contributed by atoms with Gasteiger partial charge in [0.15, 0.2) is 0 Å². The summed E-state index contributed by atoms with van der Waals surface area (Å²) in [5, 5.41) is 9.42. The van der Waals surface area contributed by atoms with E-state index in [9.17, 15) is 9.90 Å². The number of amides is 1. The van der Waals surface area contributed by atoms with E-state index in [4.69, 9.17) is 19.4 Å². The van der Waals surface area contributed by atoms with Crippen molar-refractivity contribution in [2.24, 2.45) is 0 Å². The molecular formula is C24H29N5O4. The molecule has 1 amide bonds. The maximum Gasteiger partial charge on any atom is 0.407 e. The average Bonchev–Trinajstić information content (AvgIpc) is 3.43. The number of morpholine rings is 1. The number of rotatable bonds is 5. The van der Waals surface area contributed by atoms with Crippen LogP contribution in [0.1, 0.15) is 19.8 Å². The molecule has 0 aliphatic carbocycles. The van der Waals surface area contributed by atoms with Crippen LogP contribution in [0.25, 0.3) is 22.4 Å². The van der Waals surface area contributed by atoms with Gasteiger partial charge in [0, 0.05) is 30.9 Å². The number of benzene rings is 1. The van der Waals surface area contributed by atoms with Gasteiger partial charge in [0.25, 0.3) is 0 Å². The van der Waals surface area contributed by atoms with E-state index in [1.54, 1.807) is 7.11 Å². The van der Waals surface area contributed by atoms with Gasteiger partial charge < -0.3 is 28.9 Å². The number of anilines is 1. The molecule has 0 saturated carbocycles. The smallest absolute Gasteiger partial charge is 0.407 e. The second-order valence-electron chi connectivity index (χ2n) is 8.69. The first-order valence-corrected chi connectivity index (χ1v) is 11.4. The van der Waals surface area contributed by atoms with Gasteiger partial charge in [0.05, 0.1) is 38.4 Å².